The summed E-state index contributed by atoms with van der Waals surface area (Å²) in [7, 11) is 0. The fourth-order valence-corrected chi connectivity index (χ4v) is 2.71. The van der Waals surface area contributed by atoms with Gasteiger partial charge in [0.1, 0.15) is 5.60 Å². The van der Waals surface area contributed by atoms with Crippen LogP contribution in [0, 0.1) is 11.8 Å². The molecule has 0 bridgehead atoms. The molecule has 1 rings (SSSR count). The smallest absolute Gasteiger partial charge is 0.410 e. The van der Waals surface area contributed by atoms with E-state index < -0.39 is 11.6 Å². The summed E-state index contributed by atoms with van der Waals surface area (Å²) in [4.78, 5) is 24.8. The monoisotopic (exact) mass is 311 g/mol. The van der Waals surface area contributed by atoms with Gasteiger partial charge < -0.3 is 14.7 Å². The lowest BCUT2D eigenvalue weighted by Crippen LogP contribution is -2.41. The van der Waals surface area contributed by atoms with Crippen molar-refractivity contribution >= 4 is 12.1 Å². The number of likely N-dealkylation sites (tertiary alicyclic amines) is 1. The number of allylic oxidation sites excluding steroid dienone is 1. The summed E-state index contributed by atoms with van der Waals surface area (Å²) in [6.45, 7) is 10.6. The molecule has 1 fully saturated rings. The van der Waals surface area contributed by atoms with E-state index in [1.807, 2.05) is 20.8 Å². The summed E-state index contributed by atoms with van der Waals surface area (Å²) in [5.74, 6) is -0.585. The van der Waals surface area contributed by atoms with Crippen molar-refractivity contribution < 1.29 is 19.4 Å². The van der Waals surface area contributed by atoms with E-state index in [4.69, 9.17) is 9.84 Å². The molecule has 0 aromatic heterocycles. The van der Waals surface area contributed by atoms with Gasteiger partial charge >= 0.3 is 12.1 Å². The first kappa shape index (κ1) is 18.5. The van der Waals surface area contributed by atoms with Gasteiger partial charge in [0.25, 0.3) is 0 Å². The third-order valence-electron chi connectivity index (χ3n) is 3.99. The average molecular weight is 311 g/mol. The molecule has 1 N–H and O–H groups in total. The van der Waals surface area contributed by atoms with E-state index in [9.17, 15) is 9.59 Å². The van der Waals surface area contributed by atoms with Crippen molar-refractivity contribution in [2.75, 3.05) is 13.1 Å². The van der Waals surface area contributed by atoms with Crippen molar-refractivity contribution in [1.29, 1.82) is 0 Å². The third-order valence-corrected chi connectivity index (χ3v) is 3.99. The van der Waals surface area contributed by atoms with E-state index in [1.165, 1.54) is 0 Å². The van der Waals surface area contributed by atoms with E-state index in [0.717, 1.165) is 19.3 Å². The summed E-state index contributed by atoms with van der Waals surface area (Å²) in [5.41, 5.74) is -0.465. The number of carboxylic acids is 1. The van der Waals surface area contributed by atoms with Gasteiger partial charge in [-0.05, 0) is 58.8 Å². The molecule has 0 spiro atoms. The first-order valence-electron chi connectivity index (χ1n) is 8.04. The standard InChI is InChI=1S/C17H29NO4/c1-5-6-14(15(19)20)8-7-13-9-11-18(12-10-13)16(21)22-17(2,3)4/h5,13-14H,1,6-12H2,2-4H3,(H,19,20). The second-order valence-corrected chi connectivity index (χ2v) is 7.05. The minimum absolute atomic E-state index is 0.249. The van der Waals surface area contributed by atoms with Crippen LogP contribution in [0.3, 0.4) is 0 Å². The first-order chi connectivity index (χ1) is 10.2. The molecule has 5 nitrogen and oxygen atoms in total. The Balaban J connectivity index is 2.34. The Morgan fingerprint density at radius 1 is 1.36 bits per heavy atom. The van der Waals surface area contributed by atoms with Crippen molar-refractivity contribution in [3.63, 3.8) is 0 Å². The van der Waals surface area contributed by atoms with Crippen LogP contribution in [0.1, 0.15) is 52.9 Å². The van der Waals surface area contributed by atoms with Gasteiger partial charge in [-0.15, -0.1) is 6.58 Å². The number of amides is 1. The maximum absolute atomic E-state index is 12.0. The quantitative estimate of drug-likeness (QED) is 0.760. The van der Waals surface area contributed by atoms with Gasteiger partial charge in [-0.3, -0.25) is 4.79 Å². The highest BCUT2D eigenvalue weighted by Gasteiger charge is 2.27. The molecule has 1 atom stereocenters. The minimum atomic E-state index is -0.744. The predicted molar refractivity (Wildman–Crippen MR) is 85.7 cm³/mol. The zero-order chi connectivity index (χ0) is 16.8. The number of nitrogens with zero attached hydrogens (tertiary/aromatic N) is 1. The highest BCUT2D eigenvalue weighted by molar-refractivity contribution is 5.70. The van der Waals surface area contributed by atoms with E-state index in [-0.39, 0.29) is 12.0 Å². The number of carbonyl (C=O) groups is 2. The molecule has 0 saturated carbocycles. The number of rotatable bonds is 6. The van der Waals surface area contributed by atoms with Crippen LogP contribution in [0.5, 0.6) is 0 Å². The van der Waals surface area contributed by atoms with Gasteiger partial charge in [0.15, 0.2) is 0 Å². The Hall–Kier alpha value is -1.52. The number of carbonyl (C=O) groups excluding carboxylic acids is 1. The predicted octanol–water partition coefficient (Wildman–Crippen LogP) is 3.69. The van der Waals surface area contributed by atoms with Gasteiger partial charge in [0.2, 0.25) is 0 Å². The average Bonchev–Trinajstić information content (AvgIpc) is 2.41. The summed E-state index contributed by atoms with van der Waals surface area (Å²) in [6, 6.07) is 0. The second kappa shape index (κ2) is 8.20. The molecule has 126 valence electrons. The number of piperidine rings is 1. The normalized spacial score (nSPS) is 17.9. The van der Waals surface area contributed by atoms with E-state index in [0.29, 0.717) is 31.8 Å². The molecule has 1 aliphatic rings. The molecule has 0 aromatic carbocycles. The second-order valence-electron chi connectivity index (χ2n) is 7.05. The zero-order valence-electron chi connectivity index (χ0n) is 14.0. The number of ether oxygens (including phenoxy) is 1. The Kier molecular flexibility index (Phi) is 6.91. The van der Waals surface area contributed by atoms with Gasteiger partial charge in [-0.25, -0.2) is 4.79 Å². The van der Waals surface area contributed by atoms with E-state index >= 15 is 0 Å². The third kappa shape index (κ3) is 6.50. The van der Waals surface area contributed by atoms with Crippen LogP contribution in [0.4, 0.5) is 4.79 Å². The Morgan fingerprint density at radius 2 is 1.95 bits per heavy atom. The molecular weight excluding hydrogens is 282 g/mol. The lowest BCUT2D eigenvalue weighted by molar-refractivity contribution is -0.142. The number of carboxylic acid groups (broad SMARTS) is 1. The Labute approximate surface area is 133 Å². The van der Waals surface area contributed by atoms with Crippen LogP contribution >= 0.6 is 0 Å². The summed E-state index contributed by atoms with van der Waals surface area (Å²) < 4.78 is 5.37. The van der Waals surface area contributed by atoms with Crippen molar-refractivity contribution in [3.8, 4) is 0 Å². The first-order valence-corrected chi connectivity index (χ1v) is 8.04. The molecular formula is C17H29NO4. The summed E-state index contributed by atoms with van der Waals surface area (Å²) in [5, 5.41) is 9.14. The van der Waals surface area contributed by atoms with E-state index in [2.05, 4.69) is 6.58 Å². The molecule has 22 heavy (non-hydrogen) atoms. The van der Waals surface area contributed by atoms with Crippen LogP contribution in [0.15, 0.2) is 12.7 Å². The van der Waals surface area contributed by atoms with Crippen LogP contribution in [0.2, 0.25) is 0 Å². The SMILES string of the molecule is C=CCC(CCC1CCN(C(=O)OC(C)(C)C)CC1)C(=O)O. The zero-order valence-corrected chi connectivity index (χ0v) is 14.0. The van der Waals surface area contributed by atoms with Crippen molar-refractivity contribution in [2.45, 2.75) is 58.5 Å². The van der Waals surface area contributed by atoms with Crippen molar-refractivity contribution in [1.82, 2.24) is 4.90 Å². The van der Waals surface area contributed by atoms with Crippen LogP contribution < -0.4 is 0 Å². The van der Waals surface area contributed by atoms with Crippen molar-refractivity contribution in [3.05, 3.63) is 12.7 Å². The lowest BCUT2D eigenvalue weighted by Gasteiger charge is -2.33. The van der Waals surface area contributed by atoms with Gasteiger partial charge in [-0.2, -0.15) is 0 Å². The van der Waals surface area contributed by atoms with Gasteiger partial charge in [-0.1, -0.05) is 6.08 Å². The Morgan fingerprint density at radius 3 is 2.41 bits per heavy atom. The van der Waals surface area contributed by atoms with Crippen LogP contribution in [-0.2, 0) is 9.53 Å². The molecule has 0 aromatic rings. The highest BCUT2D eigenvalue weighted by atomic mass is 16.6. The minimum Gasteiger partial charge on any atom is -0.481 e. The topological polar surface area (TPSA) is 66.8 Å². The molecule has 1 aliphatic heterocycles. The lowest BCUT2D eigenvalue weighted by atomic mass is 9.88. The highest BCUT2D eigenvalue weighted by Crippen LogP contribution is 2.26. The summed E-state index contributed by atoms with van der Waals surface area (Å²) in [6.07, 6.45) is 5.35. The number of aliphatic carboxylic acids is 1. The largest absolute Gasteiger partial charge is 0.481 e. The maximum Gasteiger partial charge on any atom is 0.410 e. The Bertz CT molecular complexity index is 392. The fourth-order valence-electron chi connectivity index (χ4n) is 2.71. The summed E-state index contributed by atoms with van der Waals surface area (Å²) >= 11 is 0. The van der Waals surface area contributed by atoms with Crippen LogP contribution in [0.25, 0.3) is 0 Å². The molecule has 1 saturated heterocycles. The molecule has 1 heterocycles. The number of hydrogen-bond donors (Lipinski definition) is 1. The fraction of sp³-hybridized carbons (Fsp3) is 0.765. The van der Waals surface area contributed by atoms with Gasteiger partial charge in [0, 0.05) is 13.1 Å². The molecule has 0 aliphatic carbocycles. The number of hydrogen-bond acceptors (Lipinski definition) is 3. The van der Waals surface area contributed by atoms with E-state index in [1.54, 1.807) is 11.0 Å². The molecule has 0 radical (unpaired) electrons. The van der Waals surface area contributed by atoms with Crippen LogP contribution in [-0.4, -0.2) is 40.8 Å². The molecule has 1 amide bonds. The maximum atomic E-state index is 12.0. The van der Waals surface area contributed by atoms with Gasteiger partial charge in [0.05, 0.1) is 5.92 Å². The molecule has 5 heteroatoms. The molecule has 1 unspecified atom stereocenters. The van der Waals surface area contributed by atoms with Crippen molar-refractivity contribution in [2.24, 2.45) is 11.8 Å².